The van der Waals surface area contributed by atoms with Crippen molar-refractivity contribution in [2.24, 2.45) is 0 Å². The minimum absolute atomic E-state index is 0.271. The Kier molecular flexibility index (Phi) is 5.12. The van der Waals surface area contributed by atoms with Gasteiger partial charge in [-0.25, -0.2) is 0 Å². The average Bonchev–Trinajstić information content (AvgIpc) is 3.15. The highest BCUT2D eigenvalue weighted by Crippen LogP contribution is 2.66. The van der Waals surface area contributed by atoms with Crippen molar-refractivity contribution < 1.29 is 0 Å². The lowest BCUT2D eigenvalue weighted by atomic mass is 9.93. The number of benzene rings is 1. The van der Waals surface area contributed by atoms with Gasteiger partial charge in [0, 0.05) is 18.9 Å². The van der Waals surface area contributed by atoms with Gasteiger partial charge in [-0.05, 0) is 54.6 Å². The third-order valence-electron chi connectivity index (χ3n) is 4.14. The first-order valence-electron chi connectivity index (χ1n) is 7.62. The van der Waals surface area contributed by atoms with Crippen LogP contribution >= 0.6 is 53.7 Å². The van der Waals surface area contributed by atoms with Crippen LogP contribution in [-0.4, -0.2) is 17.4 Å². The summed E-state index contributed by atoms with van der Waals surface area (Å²) in [6.45, 7) is 0. The molecule has 0 aromatic heterocycles. The van der Waals surface area contributed by atoms with Crippen LogP contribution in [0.2, 0.25) is 0 Å². The van der Waals surface area contributed by atoms with E-state index in [0.717, 1.165) is 0 Å². The van der Waals surface area contributed by atoms with Gasteiger partial charge in [-0.3, -0.25) is 0 Å². The minimum atomic E-state index is 0.271. The smallest absolute Gasteiger partial charge is 0.0439 e. The van der Waals surface area contributed by atoms with Crippen LogP contribution in [-0.2, 0) is 0 Å². The van der Waals surface area contributed by atoms with Crippen LogP contribution in [0.5, 0.6) is 0 Å². The zero-order valence-corrected chi connectivity index (χ0v) is 17.2. The lowest BCUT2D eigenvalue weighted by molar-refractivity contribution is 0.803. The van der Waals surface area contributed by atoms with Gasteiger partial charge in [-0.15, -0.1) is 23.5 Å². The maximum atomic E-state index is 2.47. The maximum absolute atomic E-state index is 2.47. The normalized spacial score (nSPS) is 23.0. The number of hydrogen-bond acceptors (Lipinski definition) is 4. The fraction of sp³-hybridized carbons (Fsp3) is 0.278. The van der Waals surface area contributed by atoms with Gasteiger partial charge in [-0.1, -0.05) is 60.5 Å². The van der Waals surface area contributed by atoms with E-state index >= 15 is 0 Å². The number of allylic oxidation sites excluding steroid dienone is 3. The quantitative estimate of drug-likeness (QED) is 0.393. The Labute approximate surface area is 156 Å². The zero-order chi connectivity index (χ0) is 15.8. The van der Waals surface area contributed by atoms with E-state index in [9.17, 15) is 0 Å². The van der Waals surface area contributed by atoms with Crippen molar-refractivity contribution in [1.82, 2.24) is 0 Å². The van der Waals surface area contributed by atoms with Crippen LogP contribution in [0.15, 0.2) is 56.7 Å². The molecular weight excluding hydrogens is 377 g/mol. The van der Waals surface area contributed by atoms with Crippen LogP contribution in [0.4, 0.5) is 0 Å². The van der Waals surface area contributed by atoms with E-state index in [0.29, 0.717) is 0 Å². The van der Waals surface area contributed by atoms with Crippen molar-refractivity contribution in [2.75, 3.05) is 12.5 Å². The van der Waals surface area contributed by atoms with Crippen molar-refractivity contribution in [1.29, 1.82) is 0 Å². The average molecular weight is 395 g/mol. The Hall–Kier alpha value is 0.0600. The van der Waals surface area contributed by atoms with Gasteiger partial charge in [-0.2, -0.15) is 0 Å². The predicted octanol–water partition coefficient (Wildman–Crippen LogP) is 7.17. The van der Waals surface area contributed by atoms with Gasteiger partial charge in [0.25, 0.3) is 0 Å². The molecule has 0 radical (unpaired) electrons. The van der Waals surface area contributed by atoms with Crippen molar-refractivity contribution in [3.63, 3.8) is 0 Å². The molecule has 3 aliphatic rings. The highest BCUT2D eigenvalue weighted by molar-refractivity contribution is 9.18. The molecule has 120 valence electrons. The molecule has 0 fully saturated rings. The Morgan fingerprint density at radius 1 is 1.04 bits per heavy atom. The SMILES string of the molecule is CSC(SC)=C1CCCC2=C1SS1=C2C=C(c2ccccc2)S1. The summed E-state index contributed by atoms with van der Waals surface area (Å²) < 4.78 is 1.52. The predicted molar refractivity (Wildman–Crippen MR) is 117 cm³/mol. The first kappa shape index (κ1) is 16.5. The number of thioether (sulfide) groups is 2. The van der Waals surface area contributed by atoms with Gasteiger partial charge in [0.1, 0.15) is 0 Å². The van der Waals surface area contributed by atoms with Crippen LogP contribution in [0.3, 0.4) is 0 Å². The van der Waals surface area contributed by atoms with E-state index in [4.69, 9.17) is 0 Å². The first-order chi connectivity index (χ1) is 11.3. The molecule has 2 aliphatic heterocycles. The number of rotatable bonds is 3. The van der Waals surface area contributed by atoms with E-state index in [1.807, 2.05) is 23.5 Å². The van der Waals surface area contributed by atoms with E-state index < -0.39 is 0 Å². The molecule has 0 nitrogen and oxygen atoms in total. The third-order valence-corrected chi connectivity index (χ3v) is 12.8. The first-order valence-corrected chi connectivity index (χ1v) is 14.0. The lowest BCUT2D eigenvalue weighted by Gasteiger charge is -2.21. The maximum Gasteiger partial charge on any atom is 0.0439 e. The molecule has 0 bridgehead atoms. The Bertz CT molecular complexity index is 762. The zero-order valence-electron chi connectivity index (χ0n) is 13.1. The molecule has 1 atom stereocenters. The van der Waals surface area contributed by atoms with Gasteiger partial charge in [0.05, 0.1) is 0 Å². The number of hydrogen-bond donors (Lipinski definition) is 0. The molecule has 1 aromatic carbocycles. The number of fused-ring (bicyclic) bond motifs is 1. The molecule has 1 aliphatic carbocycles. The molecule has 2 heterocycles. The Balaban J connectivity index is 1.70. The highest BCUT2D eigenvalue weighted by atomic mass is 33.5. The summed E-state index contributed by atoms with van der Waals surface area (Å²) in [5, 5.41) is 0. The molecule has 0 saturated heterocycles. The largest absolute Gasteiger partial charge is 0.122 e. The second kappa shape index (κ2) is 7.12. The fourth-order valence-corrected chi connectivity index (χ4v) is 12.2. The molecule has 0 spiro atoms. The molecule has 4 rings (SSSR count). The van der Waals surface area contributed by atoms with Crippen LogP contribution in [0.25, 0.3) is 4.91 Å². The van der Waals surface area contributed by atoms with Crippen molar-refractivity contribution in [3.05, 3.63) is 62.3 Å². The summed E-state index contributed by atoms with van der Waals surface area (Å²) in [5.41, 5.74) is 4.65. The van der Waals surface area contributed by atoms with Gasteiger partial charge in [0.15, 0.2) is 0 Å². The molecule has 0 saturated carbocycles. The molecular formula is C18H18S5. The fourth-order valence-electron chi connectivity index (χ4n) is 3.09. The monoisotopic (exact) mass is 394 g/mol. The van der Waals surface area contributed by atoms with E-state index in [2.05, 4.69) is 70.5 Å². The molecule has 5 heteroatoms. The van der Waals surface area contributed by atoms with Gasteiger partial charge in [0.2, 0.25) is 0 Å². The summed E-state index contributed by atoms with van der Waals surface area (Å²) in [6, 6.07) is 10.8. The summed E-state index contributed by atoms with van der Waals surface area (Å²) in [5.74, 6) is 0. The second-order valence-corrected chi connectivity index (χ2v) is 13.1. The molecule has 23 heavy (non-hydrogen) atoms. The van der Waals surface area contributed by atoms with Crippen molar-refractivity contribution >= 4 is 63.4 Å². The topological polar surface area (TPSA) is 0 Å². The Morgan fingerprint density at radius 2 is 1.83 bits per heavy atom. The summed E-state index contributed by atoms with van der Waals surface area (Å²) >= 11 is 3.84. The van der Waals surface area contributed by atoms with Gasteiger partial charge < -0.3 is 0 Å². The standard InChI is InChI=1S/C18H18S5/c1-19-18(20-2)14-10-6-9-13-16-11-15(12-7-4-3-5-8-12)21-23(16)22-17(13)14/h3-5,7-8,11H,6,9-10H2,1-2H3. The Morgan fingerprint density at radius 3 is 2.57 bits per heavy atom. The summed E-state index contributed by atoms with van der Waals surface area (Å²) in [4.78, 5) is 4.69. The van der Waals surface area contributed by atoms with E-state index in [1.54, 1.807) is 20.9 Å². The molecule has 0 amide bonds. The van der Waals surface area contributed by atoms with Crippen molar-refractivity contribution in [3.8, 4) is 0 Å². The van der Waals surface area contributed by atoms with Crippen molar-refractivity contribution in [2.45, 2.75) is 19.3 Å². The summed E-state index contributed by atoms with van der Waals surface area (Å²) in [6.07, 6.45) is 10.7. The van der Waals surface area contributed by atoms with Crippen LogP contribution < -0.4 is 0 Å². The highest BCUT2D eigenvalue weighted by Gasteiger charge is 2.33. The third kappa shape index (κ3) is 3.04. The van der Waals surface area contributed by atoms with E-state index in [1.165, 1.54) is 34.0 Å². The molecule has 0 N–H and O–H groups in total. The minimum Gasteiger partial charge on any atom is -0.122 e. The second-order valence-electron chi connectivity index (χ2n) is 5.48. The summed E-state index contributed by atoms with van der Waals surface area (Å²) in [7, 11) is 4.46. The molecule has 1 aromatic rings. The van der Waals surface area contributed by atoms with E-state index in [-0.39, 0.29) is 8.55 Å². The van der Waals surface area contributed by atoms with Gasteiger partial charge >= 0.3 is 0 Å². The van der Waals surface area contributed by atoms with Crippen LogP contribution in [0.1, 0.15) is 24.8 Å². The lowest BCUT2D eigenvalue weighted by Crippen LogP contribution is -2.05. The molecule has 1 unspecified atom stereocenters. The van der Waals surface area contributed by atoms with Crippen LogP contribution in [0, 0.1) is 0 Å².